The van der Waals surface area contributed by atoms with Crippen LogP contribution < -0.4 is 10.9 Å². The molecule has 0 bridgehead atoms. The molecule has 14 heteroatoms. The number of hydrogen-bond acceptors (Lipinski definition) is 10. The van der Waals surface area contributed by atoms with Gasteiger partial charge in [-0.15, -0.1) is 0 Å². The number of anilines is 1. The van der Waals surface area contributed by atoms with Gasteiger partial charge >= 0.3 is 10.3 Å². The van der Waals surface area contributed by atoms with Crippen LogP contribution in [0.1, 0.15) is 6.23 Å². The molecule has 2 aromatic heterocycles. The van der Waals surface area contributed by atoms with Gasteiger partial charge in [-0.05, 0) is 11.6 Å². The molecule has 1 saturated heterocycles. The zero-order chi connectivity index (χ0) is 17.6. The molecule has 1 fully saturated rings. The van der Waals surface area contributed by atoms with Crippen LogP contribution in [0.25, 0.3) is 11.2 Å². The first-order valence-corrected chi connectivity index (χ1v) is 8.36. The third-order valence-electron chi connectivity index (χ3n) is 3.43. The lowest BCUT2D eigenvalue weighted by Gasteiger charge is -2.16. The Kier molecular flexibility index (Phi) is 4.33. The summed E-state index contributed by atoms with van der Waals surface area (Å²) < 4.78 is 32.8. The average molecular weight is 381 g/mol. The molecular formula is C10H13ClN6O6S. The van der Waals surface area contributed by atoms with Crippen LogP contribution >= 0.6 is 11.6 Å². The minimum atomic E-state index is -4.22. The fraction of sp³-hybridized carbons (Fsp3) is 0.500. The van der Waals surface area contributed by atoms with Gasteiger partial charge in [-0.25, -0.2) is 10.1 Å². The summed E-state index contributed by atoms with van der Waals surface area (Å²) in [7, 11) is -4.22. The van der Waals surface area contributed by atoms with E-state index in [0.29, 0.717) is 0 Å². The molecule has 132 valence electrons. The summed E-state index contributed by atoms with van der Waals surface area (Å²) in [6.45, 7) is -0.571. The van der Waals surface area contributed by atoms with Crippen molar-refractivity contribution in [2.45, 2.75) is 24.5 Å². The van der Waals surface area contributed by atoms with Crippen molar-refractivity contribution in [3.8, 4) is 0 Å². The van der Waals surface area contributed by atoms with Crippen molar-refractivity contribution in [3.05, 3.63) is 11.6 Å². The van der Waals surface area contributed by atoms with Gasteiger partial charge in [-0.3, -0.25) is 8.75 Å². The molecule has 2 aromatic rings. The van der Waals surface area contributed by atoms with E-state index in [0.717, 1.165) is 0 Å². The quantitative estimate of drug-likeness (QED) is 0.427. The second-order valence-corrected chi connectivity index (χ2v) is 6.58. The zero-order valence-corrected chi connectivity index (χ0v) is 13.4. The average Bonchev–Trinajstić information content (AvgIpc) is 3.00. The number of aliphatic hydroxyl groups excluding tert-OH is 2. The second-order valence-electron chi connectivity index (χ2n) is 5.03. The van der Waals surface area contributed by atoms with E-state index in [1.807, 2.05) is 0 Å². The van der Waals surface area contributed by atoms with Gasteiger partial charge in [-0.2, -0.15) is 18.4 Å². The minimum absolute atomic E-state index is 0.0332. The number of hydrogen-bond donors (Lipinski definition) is 4. The maximum Gasteiger partial charge on any atom is 0.333 e. The Balaban J connectivity index is 1.90. The van der Waals surface area contributed by atoms with Crippen molar-refractivity contribution in [2.75, 3.05) is 12.3 Å². The molecule has 0 spiro atoms. The standard InChI is InChI=1S/C10H13ClN6O6S/c11-10-15-7(12)4-8(16-10)17(2-14-4)9-6(19)5(18)3(23-9)1-22-24(13,20)21/h2-3,5-6,9,18-19H,1H2,(H2,12,15,16)(H2,13,20,21)/t3-,5-,6-,9-/m1/s1. The molecule has 0 aliphatic carbocycles. The number of nitrogens with zero attached hydrogens (tertiary/aromatic N) is 4. The summed E-state index contributed by atoms with van der Waals surface area (Å²) >= 11 is 5.76. The Bertz CT molecular complexity index is 874. The summed E-state index contributed by atoms with van der Waals surface area (Å²) in [5.41, 5.74) is 6.10. The van der Waals surface area contributed by atoms with Crippen molar-refractivity contribution < 1.29 is 27.6 Å². The van der Waals surface area contributed by atoms with E-state index in [9.17, 15) is 18.6 Å². The van der Waals surface area contributed by atoms with E-state index < -0.39 is 41.5 Å². The first-order chi connectivity index (χ1) is 11.2. The highest BCUT2D eigenvalue weighted by Gasteiger charge is 2.45. The third kappa shape index (κ3) is 3.14. The molecule has 1 aliphatic rings. The molecule has 6 N–H and O–H groups in total. The number of fused-ring (bicyclic) bond motifs is 1. The maximum absolute atomic E-state index is 10.8. The number of aromatic nitrogens is 4. The van der Waals surface area contributed by atoms with Gasteiger partial charge in [-0.1, -0.05) is 0 Å². The lowest BCUT2D eigenvalue weighted by Crippen LogP contribution is -2.35. The van der Waals surface area contributed by atoms with E-state index in [-0.39, 0.29) is 22.3 Å². The van der Waals surface area contributed by atoms with E-state index in [2.05, 4.69) is 19.1 Å². The molecule has 3 rings (SSSR count). The highest BCUT2D eigenvalue weighted by atomic mass is 35.5. The van der Waals surface area contributed by atoms with Crippen LogP contribution in [0, 0.1) is 0 Å². The fourth-order valence-electron chi connectivity index (χ4n) is 2.36. The highest BCUT2D eigenvalue weighted by molar-refractivity contribution is 7.84. The normalized spacial score (nSPS) is 27.8. The van der Waals surface area contributed by atoms with Crippen LogP contribution in [0.3, 0.4) is 0 Å². The first-order valence-electron chi connectivity index (χ1n) is 6.51. The minimum Gasteiger partial charge on any atom is -0.387 e. The van der Waals surface area contributed by atoms with Gasteiger partial charge in [0.1, 0.15) is 23.8 Å². The number of nitrogen functional groups attached to an aromatic ring is 1. The summed E-state index contributed by atoms with van der Waals surface area (Å²) in [6, 6.07) is 0. The van der Waals surface area contributed by atoms with E-state index in [4.69, 9.17) is 27.2 Å². The predicted octanol–water partition coefficient (Wildman–Crippen LogP) is -2.10. The number of nitrogens with two attached hydrogens (primary N) is 2. The van der Waals surface area contributed by atoms with E-state index in [1.165, 1.54) is 10.9 Å². The van der Waals surface area contributed by atoms with E-state index >= 15 is 0 Å². The van der Waals surface area contributed by atoms with Crippen molar-refractivity contribution >= 4 is 38.9 Å². The number of imidazole rings is 1. The molecule has 1 aliphatic heterocycles. The predicted molar refractivity (Wildman–Crippen MR) is 79.7 cm³/mol. The van der Waals surface area contributed by atoms with E-state index in [1.54, 1.807) is 0 Å². The first kappa shape index (κ1) is 17.2. The van der Waals surface area contributed by atoms with Gasteiger partial charge in [0.05, 0.1) is 12.9 Å². The van der Waals surface area contributed by atoms with Crippen LogP contribution in [-0.4, -0.2) is 63.1 Å². The lowest BCUT2D eigenvalue weighted by molar-refractivity contribution is -0.0467. The van der Waals surface area contributed by atoms with Crippen molar-refractivity contribution in [1.82, 2.24) is 19.5 Å². The van der Waals surface area contributed by atoms with Crippen molar-refractivity contribution in [2.24, 2.45) is 5.14 Å². The monoisotopic (exact) mass is 380 g/mol. The SMILES string of the molecule is Nc1nc(Cl)nc2c1ncn2[C@@H]1O[C@H](COS(N)(=O)=O)[C@@H](O)[C@H]1O. The molecular weight excluding hydrogens is 368 g/mol. The number of aliphatic hydroxyl groups is 2. The van der Waals surface area contributed by atoms with Crippen LogP contribution in [-0.2, 0) is 19.2 Å². The Morgan fingerprint density at radius 3 is 2.75 bits per heavy atom. The molecule has 0 aromatic carbocycles. The smallest absolute Gasteiger partial charge is 0.333 e. The highest BCUT2D eigenvalue weighted by Crippen LogP contribution is 2.32. The largest absolute Gasteiger partial charge is 0.387 e. The van der Waals surface area contributed by atoms with Crippen molar-refractivity contribution in [1.29, 1.82) is 0 Å². The summed E-state index contributed by atoms with van der Waals surface area (Å²) in [4.78, 5) is 11.7. The van der Waals surface area contributed by atoms with Gasteiger partial charge in [0.2, 0.25) is 5.28 Å². The maximum atomic E-state index is 10.8. The second kappa shape index (κ2) is 6.03. The molecule has 0 radical (unpaired) electrons. The molecule has 0 unspecified atom stereocenters. The van der Waals surface area contributed by atoms with Crippen LogP contribution in [0.2, 0.25) is 5.28 Å². The lowest BCUT2D eigenvalue weighted by atomic mass is 10.1. The number of halogens is 1. The summed E-state index contributed by atoms with van der Waals surface area (Å²) in [5.74, 6) is 0.0332. The number of rotatable bonds is 4. The van der Waals surface area contributed by atoms with Gasteiger partial charge in [0.25, 0.3) is 0 Å². The topological polar surface area (TPSA) is 189 Å². The Morgan fingerprint density at radius 1 is 1.38 bits per heavy atom. The number of ether oxygens (including phenoxy) is 1. The van der Waals surface area contributed by atoms with Gasteiger partial charge in [0, 0.05) is 0 Å². The Hall–Kier alpha value is -1.61. The third-order valence-corrected chi connectivity index (χ3v) is 4.06. The van der Waals surface area contributed by atoms with Crippen LogP contribution in [0.15, 0.2) is 6.33 Å². The molecule has 12 nitrogen and oxygen atoms in total. The molecule has 4 atom stereocenters. The van der Waals surface area contributed by atoms with Crippen LogP contribution in [0.5, 0.6) is 0 Å². The zero-order valence-electron chi connectivity index (χ0n) is 11.9. The Labute approximate surface area is 140 Å². The molecule has 0 saturated carbocycles. The summed E-state index contributed by atoms with van der Waals surface area (Å²) in [5, 5.41) is 24.7. The Morgan fingerprint density at radius 2 is 2.08 bits per heavy atom. The van der Waals surface area contributed by atoms with Gasteiger partial charge in [0.15, 0.2) is 17.7 Å². The van der Waals surface area contributed by atoms with Gasteiger partial charge < -0.3 is 20.7 Å². The molecule has 24 heavy (non-hydrogen) atoms. The molecule has 0 amide bonds. The van der Waals surface area contributed by atoms with Crippen molar-refractivity contribution in [3.63, 3.8) is 0 Å². The van der Waals surface area contributed by atoms with Crippen LogP contribution in [0.4, 0.5) is 5.82 Å². The summed E-state index contributed by atoms with van der Waals surface area (Å²) in [6.07, 6.45) is -3.83. The molecule has 3 heterocycles. The fourth-order valence-corrected chi connectivity index (χ4v) is 2.85.